The van der Waals surface area contributed by atoms with E-state index >= 15 is 8.78 Å². The maximum atomic E-state index is 15.7. The van der Waals surface area contributed by atoms with Crippen molar-refractivity contribution in [2.75, 3.05) is 0 Å². The largest absolute Gasteiger partial charge is 0.426 e. The van der Waals surface area contributed by atoms with Gasteiger partial charge in [-0.1, -0.05) is 32.6 Å². The second-order valence-electron chi connectivity index (χ2n) is 9.40. The topological polar surface area (TPSA) is 26.3 Å². The minimum atomic E-state index is -3.05. The molecule has 0 heterocycles. The number of thiol groups is 1. The summed E-state index contributed by atoms with van der Waals surface area (Å²) < 4.78 is 80.5. The molecule has 0 aliphatic heterocycles. The monoisotopic (exact) mass is 491 g/mol. The lowest BCUT2D eigenvalue weighted by Gasteiger charge is -2.48. The molecule has 0 bridgehead atoms. The molecule has 0 N–H and O–H groups in total. The number of halogens is 5. The van der Waals surface area contributed by atoms with Gasteiger partial charge in [0.2, 0.25) is 0 Å². The number of ether oxygens (including phenoxy) is 1. The van der Waals surface area contributed by atoms with Crippen LogP contribution in [0, 0.1) is 18.3 Å². The number of carbonyl (C=O) groups is 1. The summed E-state index contributed by atoms with van der Waals surface area (Å²) in [5, 5.41) is 0. The van der Waals surface area contributed by atoms with E-state index in [-0.39, 0.29) is 32.1 Å². The van der Waals surface area contributed by atoms with Gasteiger partial charge in [0, 0.05) is 11.3 Å². The van der Waals surface area contributed by atoms with Crippen LogP contribution in [0.5, 0.6) is 5.75 Å². The van der Waals surface area contributed by atoms with Gasteiger partial charge in [0.1, 0.15) is 11.9 Å². The second kappa shape index (κ2) is 11.0. The molecule has 2 aliphatic rings. The molecule has 0 aromatic heterocycles. The van der Waals surface area contributed by atoms with Gasteiger partial charge in [-0.2, -0.15) is 0 Å². The predicted molar refractivity (Wildman–Crippen MR) is 120 cm³/mol. The lowest BCUT2D eigenvalue weighted by molar-refractivity contribution is -0.150. The Balaban J connectivity index is 1.59. The molecule has 3 rings (SSSR count). The third-order valence-electron chi connectivity index (χ3n) is 7.15. The molecule has 0 saturated heterocycles. The van der Waals surface area contributed by atoms with Crippen molar-refractivity contribution in [3.63, 3.8) is 0 Å². The Hall–Kier alpha value is -1.31. The van der Waals surface area contributed by atoms with Crippen molar-refractivity contribution in [3.05, 3.63) is 30.7 Å². The third-order valence-corrected chi connectivity index (χ3v) is 7.45. The van der Waals surface area contributed by atoms with E-state index in [9.17, 15) is 18.0 Å². The van der Waals surface area contributed by atoms with Crippen LogP contribution >= 0.6 is 12.6 Å². The molecular weight excluding hydrogens is 459 g/mol. The minimum Gasteiger partial charge on any atom is -0.426 e. The molecule has 2 aliphatic carbocycles. The lowest BCUT2D eigenvalue weighted by Crippen LogP contribution is -2.64. The van der Waals surface area contributed by atoms with E-state index in [0.717, 1.165) is 12.8 Å². The zero-order valence-electron chi connectivity index (χ0n) is 18.8. The molecule has 5 unspecified atom stereocenters. The van der Waals surface area contributed by atoms with E-state index < -0.39 is 54.1 Å². The van der Waals surface area contributed by atoms with Gasteiger partial charge in [-0.25, -0.2) is 22.0 Å². The number of alkyl halides is 5. The van der Waals surface area contributed by atoms with Crippen LogP contribution in [-0.2, 0) is 4.79 Å². The van der Waals surface area contributed by atoms with Gasteiger partial charge in [-0.3, -0.25) is 4.79 Å². The summed E-state index contributed by atoms with van der Waals surface area (Å²) in [6.07, 6.45) is -5.29. The molecular formula is C25H32F5O2S. The van der Waals surface area contributed by atoms with Gasteiger partial charge in [-0.15, -0.1) is 12.6 Å². The molecule has 2 fully saturated rings. The Morgan fingerprint density at radius 3 is 2.24 bits per heavy atom. The molecule has 8 heteroatoms. The van der Waals surface area contributed by atoms with E-state index in [0.29, 0.717) is 23.5 Å². The summed E-state index contributed by atoms with van der Waals surface area (Å²) in [5.41, 5.74) is -5.96. The van der Waals surface area contributed by atoms with Crippen LogP contribution < -0.4 is 4.74 Å². The number of benzene rings is 1. The van der Waals surface area contributed by atoms with Crippen LogP contribution in [-0.4, -0.2) is 35.8 Å². The maximum Gasteiger partial charge on any atom is 0.314 e. The number of carbonyl (C=O) groups excluding carboxylic acids is 1. The highest BCUT2D eigenvalue weighted by Gasteiger charge is 2.66. The summed E-state index contributed by atoms with van der Waals surface area (Å²) in [6, 6.07) is 6.54. The Morgan fingerprint density at radius 2 is 1.64 bits per heavy atom. The highest BCUT2D eigenvalue weighted by Crippen LogP contribution is 2.52. The van der Waals surface area contributed by atoms with Crippen molar-refractivity contribution in [1.29, 1.82) is 0 Å². The fourth-order valence-corrected chi connectivity index (χ4v) is 5.17. The third kappa shape index (κ3) is 5.68. The highest BCUT2D eigenvalue weighted by atomic mass is 32.1. The van der Waals surface area contributed by atoms with E-state index in [4.69, 9.17) is 4.74 Å². The molecule has 0 spiro atoms. The number of unbranched alkanes of at least 4 members (excludes halogenated alkanes) is 3. The zero-order valence-corrected chi connectivity index (χ0v) is 19.7. The average molecular weight is 492 g/mol. The smallest absolute Gasteiger partial charge is 0.314 e. The Morgan fingerprint density at radius 1 is 1.00 bits per heavy atom. The number of esters is 1. The van der Waals surface area contributed by atoms with Crippen LogP contribution in [0.2, 0.25) is 0 Å². The van der Waals surface area contributed by atoms with Crippen molar-refractivity contribution in [1.82, 2.24) is 0 Å². The van der Waals surface area contributed by atoms with Gasteiger partial charge < -0.3 is 4.74 Å². The fraction of sp³-hybridized carbons (Fsp3) is 0.680. The first kappa shape index (κ1) is 26.3. The SMILES string of the molecule is CCCCCCC1(F)C(F)[CH]C(F)([C@H]2CC[C@H](C(=O)Oc3ccc(S)cc3)CC2)C(F)C1F. The quantitative estimate of drug-likeness (QED) is 0.136. The Kier molecular flexibility index (Phi) is 8.73. The summed E-state index contributed by atoms with van der Waals surface area (Å²) in [7, 11) is 0. The van der Waals surface area contributed by atoms with Gasteiger partial charge in [0.15, 0.2) is 23.7 Å². The Bertz CT molecular complexity index is 786. The zero-order chi connectivity index (χ0) is 24.2. The van der Waals surface area contributed by atoms with Gasteiger partial charge >= 0.3 is 5.97 Å². The number of rotatable bonds is 8. The average Bonchev–Trinajstić information content (AvgIpc) is 2.81. The van der Waals surface area contributed by atoms with Crippen LogP contribution in [0.25, 0.3) is 0 Å². The van der Waals surface area contributed by atoms with Gasteiger partial charge in [0.05, 0.1) is 5.92 Å². The second-order valence-corrected chi connectivity index (χ2v) is 9.92. The van der Waals surface area contributed by atoms with Crippen molar-refractivity contribution >= 4 is 18.6 Å². The molecule has 1 aromatic carbocycles. The highest BCUT2D eigenvalue weighted by molar-refractivity contribution is 7.80. The standard InChI is InChI=1S/C25H32F5O2S/c1-2-3-4-5-14-24(29)20(26)15-25(30,22(28)21(24)27)17-8-6-16(7-9-17)23(31)32-18-10-12-19(33)13-11-18/h10-13,15-17,20-22,33H,2-9,14H2,1H3/t16-,17-,20?,21?,22?,24?,25?. The molecule has 33 heavy (non-hydrogen) atoms. The van der Waals surface area contributed by atoms with Crippen molar-refractivity contribution in [3.8, 4) is 5.75 Å². The van der Waals surface area contributed by atoms with Gasteiger partial charge in [-0.05, 0) is 62.3 Å². The van der Waals surface area contributed by atoms with Crippen molar-refractivity contribution in [2.24, 2.45) is 11.8 Å². The predicted octanol–water partition coefficient (Wildman–Crippen LogP) is 7.31. The van der Waals surface area contributed by atoms with E-state index in [1.807, 2.05) is 6.92 Å². The maximum absolute atomic E-state index is 15.7. The first-order chi connectivity index (χ1) is 15.6. The fourth-order valence-electron chi connectivity index (χ4n) is 5.02. The molecule has 0 amide bonds. The van der Waals surface area contributed by atoms with E-state index in [1.54, 1.807) is 24.3 Å². The summed E-state index contributed by atoms with van der Waals surface area (Å²) in [4.78, 5) is 13.1. The molecule has 1 radical (unpaired) electrons. The van der Waals surface area contributed by atoms with Gasteiger partial charge in [0.25, 0.3) is 0 Å². The first-order valence-corrected chi connectivity index (χ1v) is 12.2. The summed E-state index contributed by atoms with van der Waals surface area (Å²) in [6.45, 7) is 1.94. The first-order valence-electron chi connectivity index (χ1n) is 11.8. The lowest BCUT2D eigenvalue weighted by atomic mass is 9.63. The van der Waals surface area contributed by atoms with Crippen molar-refractivity contribution in [2.45, 2.75) is 99.5 Å². The molecule has 5 atom stereocenters. The molecule has 185 valence electrons. The van der Waals surface area contributed by atoms with Crippen LogP contribution in [0.4, 0.5) is 22.0 Å². The van der Waals surface area contributed by atoms with Crippen molar-refractivity contribution < 1.29 is 31.5 Å². The molecule has 2 saturated carbocycles. The number of hydrogen-bond donors (Lipinski definition) is 1. The van der Waals surface area contributed by atoms with E-state index in [2.05, 4.69) is 12.6 Å². The number of hydrogen-bond acceptors (Lipinski definition) is 3. The molecule has 2 nitrogen and oxygen atoms in total. The van der Waals surface area contributed by atoms with E-state index in [1.165, 1.54) is 0 Å². The summed E-state index contributed by atoms with van der Waals surface area (Å²) >= 11 is 4.16. The van der Waals surface area contributed by atoms with Crippen LogP contribution in [0.1, 0.15) is 64.7 Å². The normalized spacial score (nSPS) is 37.0. The summed E-state index contributed by atoms with van der Waals surface area (Å²) in [5.74, 6) is -1.69. The minimum absolute atomic E-state index is 0.0536. The molecule has 1 aromatic rings. The van der Waals surface area contributed by atoms with Crippen LogP contribution in [0.3, 0.4) is 0 Å². The Labute approximate surface area is 198 Å². The van der Waals surface area contributed by atoms with Crippen LogP contribution in [0.15, 0.2) is 29.2 Å².